The van der Waals surface area contributed by atoms with Crippen molar-refractivity contribution in [1.29, 1.82) is 0 Å². The number of fused-ring (bicyclic) bond motifs is 4. The smallest absolute Gasteiger partial charge is 0.220 e. The van der Waals surface area contributed by atoms with E-state index in [1.165, 1.54) is 27.4 Å². The Balaban J connectivity index is 1.32. The molecule has 5 nitrogen and oxygen atoms in total. The first kappa shape index (κ1) is 18.8. The number of amides is 1. The van der Waals surface area contributed by atoms with E-state index in [2.05, 4.69) is 64.5 Å². The highest BCUT2D eigenvalue weighted by Gasteiger charge is 2.25. The first-order chi connectivity index (χ1) is 14.6. The number of benzene rings is 2. The van der Waals surface area contributed by atoms with Crippen LogP contribution in [0.25, 0.3) is 21.8 Å². The number of aromatic amines is 1. The van der Waals surface area contributed by atoms with Crippen molar-refractivity contribution in [3.63, 3.8) is 0 Å². The monoisotopic (exact) mass is 401 g/mol. The van der Waals surface area contributed by atoms with Crippen molar-refractivity contribution in [2.45, 2.75) is 38.1 Å². The molecule has 0 unspecified atom stereocenters. The summed E-state index contributed by atoms with van der Waals surface area (Å²) in [7, 11) is 3.75. The molecule has 2 N–H and O–H groups in total. The zero-order valence-electron chi connectivity index (χ0n) is 17.5. The van der Waals surface area contributed by atoms with Crippen LogP contribution in [0.3, 0.4) is 0 Å². The van der Waals surface area contributed by atoms with Gasteiger partial charge in [0.05, 0.1) is 13.2 Å². The molecule has 0 saturated carbocycles. The molecule has 2 heterocycles. The molecule has 0 fully saturated rings. The number of nitrogens with one attached hydrogen (secondary N) is 2. The molecule has 1 atom stereocenters. The molecule has 0 aliphatic heterocycles. The lowest BCUT2D eigenvalue weighted by atomic mass is 9.91. The van der Waals surface area contributed by atoms with Crippen molar-refractivity contribution in [3.05, 3.63) is 65.5 Å². The van der Waals surface area contributed by atoms with Crippen LogP contribution < -0.4 is 10.1 Å². The van der Waals surface area contributed by atoms with Crippen LogP contribution in [0.5, 0.6) is 5.75 Å². The van der Waals surface area contributed by atoms with Gasteiger partial charge in [0.1, 0.15) is 5.75 Å². The Hall–Kier alpha value is -3.21. The second-order valence-electron chi connectivity index (χ2n) is 8.22. The molecular weight excluding hydrogens is 374 g/mol. The third kappa shape index (κ3) is 3.24. The van der Waals surface area contributed by atoms with E-state index in [4.69, 9.17) is 4.74 Å². The number of hydrogen-bond donors (Lipinski definition) is 2. The lowest BCUT2D eigenvalue weighted by Crippen LogP contribution is -2.31. The number of H-pyrrole nitrogens is 1. The highest BCUT2D eigenvalue weighted by Crippen LogP contribution is 2.36. The largest absolute Gasteiger partial charge is 0.497 e. The minimum absolute atomic E-state index is 0.0483. The van der Waals surface area contributed by atoms with Crippen LogP contribution in [0, 0.1) is 0 Å². The Morgan fingerprint density at radius 3 is 2.97 bits per heavy atom. The summed E-state index contributed by atoms with van der Waals surface area (Å²) in [6, 6.07) is 14.5. The van der Waals surface area contributed by atoms with Crippen LogP contribution in [-0.2, 0) is 24.7 Å². The Morgan fingerprint density at radius 1 is 1.23 bits per heavy atom. The molecule has 154 valence electrons. The topological polar surface area (TPSA) is 59.0 Å². The maximum atomic E-state index is 12.8. The summed E-state index contributed by atoms with van der Waals surface area (Å²) in [5.41, 5.74) is 6.01. The third-order valence-corrected chi connectivity index (χ3v) is 6.35. The van der Waals surface area contributed by atoms with Crippen molar-refractivity contribution in [2.24, 2.45) is 7.05 Å². The lowest BCUT2D eigenvalue weighted by molar-refractivity contribution is -0.121. The number of carbonyl (C=O) groups is 1. The van der Waals surface area contributed by atoms with Crippen LogP contribution in [0.1, 0.15) is 42.1 Å². The van der Waals surface area contributed by atoms with Crippen LogP contribution in [-0.4, -0.2) is 22.6 Å². The summed E-state index contributed by atoms with van der Waals surface area (Å²) in [4.78, 5) is 16.4. The van der Waals surface area contributed by atoms with Crippen LogP contribution in [0.2, 0.25) is 0 Å². The Labute approximate surface area is 176 Å². The first-order valence-electron chi connectivity index (χ1n) is 10.6. The number of aromatic nitrogens is 2. The zero-order valence-corrected chi connectivity index (χ0v) is 17.5. The number of aryl methyl sites for hydroxylation is 3. The minimum Gasteiger partial charge on any atom is -0.497 e. The number of nitrogens with zero attached hydrogens (tertiary/aromatic N) is 1. The first-order valence-corrected chi connectivity index (χ1v) is 10.6. The maximum absolute atomic E-state index is 12.8. The normalized spacial score (nSPS) is 16.0. The molecule has 0 saturated heterocycles. The summed E-state index contributed by atoms with van der Waals surface area (Å²) in [5.74, 6) is 0.975. The second-order valence-corrected chi connectivity index (χ2v) is 8.22. The van der Waals surface area contributed by atoms with Crippen molar-refractivity contribution >= 4 is 27.7 Å². The fraction of sp³-hybridized carbons (Fsp3) is 0.320. The van der Waals surface area contributed by atoms with Crippen LogP contribution in [0.15, 0.2) is 48.7 Å². The van der Waals surface area contributed by atoms with Gasteiger partial charge in [0, 0.05) is 47.2 Å². The molecule has 0 spiro atoms. The van der Waals surface area contributed by atoms with Crippen molar-refractivity contribution in [3.8, 4) is 5.75 Å². The number of carbonyl (C=O) groups excluding carboxylic acids is 1. The lowest BCUT2D eigenvalue weighted by Gasteiger charge is -2.24. The van der Waals surface area contributed by atoms with Crippen molar-refractivity contribution in [2.75, 3.05) is 7.11 Å². The summed E-state index contributed by atoms with van der Waals surface area (Å²) < 4.78 is 7.53. The number of rotatable bonds is 5. The minimum atomic E-state index is 0.0483. The maximum Gasteiger partial charge on any atom is 0.220 e. The summed E-state index contributed by atoms with van der Waals surface area (Å²) >= 11 is 0. The summed E-state index contributed by atoms with van der Waals surface area (Å²) in [6.07, 6.45) is 6.46. The van der Waals surface area contributed by atoms with Gasteiger partial charge in [-0.1, -0.05) is 18.2 Å². The Morgan fingerprint density at radius 2 is 2.10 bits per heavy atom. The molecule has 5 rings (SSSR count). The SMILES string of the molecule is COc1ccc2[nH]c3c(c2c1)CCC[C@H]3NC(=O)CCc1cn(C)c2ccccc12. The molecule has 0 radical (unpaired) electrons. The fourth-order valence-corrected chi connectivity index (χ4v) is 4.85. The number of hydrogen-bond acceptors (Lipinski definition) is 2. The highest BCUT2D eigenvalue weighted by atomic mass is 16.5. The molecule has 2 aromatic heterocycles. The fourth-order valence-electron chi connectivity index (χ4n) is 4.85. The van der Waals surface area contributed by atoms with Gasteiger partial charge in [-0.2, -0.15) is 0 Å². The second kappa shape index (κ2) is 7.56. The molecule has 1 aliphatic carbocycles. The zero-order chi connectivity index (χ0) is 20.7. The van der Waals surface area contributed by atoms with E-state index in [1.54, 1.807) is 7.11 Å². The molecule has 30 heavy (non-hydrogen) atoms. The summed E-state index contributed by atoms with van der Waals surface area (Å²) in [6.45, 7) is 0. The molecule has 1 amide bonds. The molecule has 4 aromatic rings. The van der Waals surface area contributed by atoms with Gasteiger partial charge in [-0.15, -0.1) is 0 Å². The van der Waals surface area contributed by atoms with E-state index in [-0.39, 0.29) is 11.9 Å². The Bertz CT molecular complexity index is 1230. The van der Waals surface area contributed by atoms with Crippen molar-refractivity contribution in [1.82, 2.24) is 14.9 Å². The predicted octanol–water partition coefficient (Wildman–Crippen LogP) is 4.79. The average molecular weight is 402 g/mol. The molecule has 0 bridgehead atoms. The van der Waals surface area contributed by atoms with Gasteiger partial charge in [-0.05, 0) is 61.1 Å². The van der Waals surface area contributed by atoms with Gasteiger partial charge >= 0.3 is 0 Å². The van der Waals surface area contributed by atoms with E-state index in [0.717, 1.165) is 42.6 Å². The van der Waals surface area contributed by atoms with E-state index in [1.807, 2.05) is 6.07 Å². The number of para-hydroxylation sites is 1. The third-order valence-electron chi connectivity index (χ3n) is 6.35. The van der Waals surface area contributed by atoms with Gasteiger partial charge in [0.2, 0.25) is 5.91 Å². The Kier molecular flexibility index (Phi) is 4.74. The van der Waals surface area contributed by atoms with Crippen molar-refractivity contribution < 1.29 is 9.53 Å². The van der Waals surface area contributed by atoms with Crippen LogP contribution >= 0.6 is 0 Å². The predicted molar refractivity (Wildman–Crippen MR) is 120 cm³/mol. The van der Waals surface area contributed by atoms with Crippen LogP contribution in [0.4, 0.5) is 0 Å². The molecule has 2 aromatic carbocycles. The van der Waals surface area contributed by atoms with E-state index >= 15 is 0 Å². The standard InChI is InChI=1S/C25H27N3O2/c1-28-15-16(18-6-3-4-9-23(18)28)10-13-24(29)26-22-8-5-7-19-20-14-17(30-2)11-12-21(20)27-25(19)22/h3-4,6,9,11-12,14-15,22,27H,5,7-8,10,13H2,1-2H3,(H,26,29)/t22-/m1/s1. The summed E-state index contributed by atoms with van der Waals surface area (Å²) in [5, 5.41) is 5.72. The molecule has 1 aliphatic rings. The van der Waals surface area contributed by atoms with Gasteiger partial charge in [-0.25, -0.2) is 0 Å². The molecular formula is C25H27N3O2. The number of ether oxygens (including phenoxy) is 1. The highest BCUT2D eigenvalue weighted by molar-refractivity contribution is 5.87. The van der Waals surface area contributed by atoms with Gasteiger partial charge in [0.25, 0.3) is 0 Å². The van der Waals surface area contributed by atoms with E-state index < -0.39 is 0 Å². The van der Waals surface area contributed by atoms with E-state index in [9.17, 15) is 4.79 Å². The quantitative estimate of drug-likeness (QED) is 0.505. The van der Waals surface area contributed by atoms with Gasteiger partial charge in [0.15, 0.2) is 0 Å². The number of methoxy groups -OCH3 is 1. The molecule has 5 heteroatoms. The van der Waals surface area contributed by atoms with Gasteiger partial charge < -0.3 is 19.6 Å². The average Bonchev–Trinajstić information content (AvgIpc) is 3.30. The van der Waals surface area contributed by atoms with E-state index in [0.29, 0.717) is 6.42 Å². The van der Waals surface area contributed by atoms with Gasteiger partial charge in [-0.3, -0.25) is 4.79 Å².